The van der Waals surface area contributed by atoms with Crippen LogP contribution in [-0.2, 0) is 14.6 Å². The van der Waals surface area contributed by atoms with Crippen LogP contribution < -0.4 is 10.6 Å². The number of amides is 2. The Balaban J connectivity index is 2.23. The third-order valence-corrected chi connectivity index (χ3v) is 3.96. The number of sulfone groups is 1. The Morgan fingerprint density at radius 3 is 2.56 bits per heavy atom. The van der Waals surface area contributed by atoms with E-state index in [4.69, 9.17) is 5.11 Å². The van der Waals surface area contributed by atoms with Crippen molar-refractivity contribution in [3.63, 3.8) is 0 Å². The second-order valence-corrected chi connectivity index (χ2v) is 5.87. The van der Waals surface area contributed by atoms with Crippen LogP contribution in [0.2, 0.25) is 0 Å². The van der Waals surface area contributed by atoms with Gasteiger partial charge in [-0.3, -0.25) is 4.79 Å². The lowest BCUT2D eigenvalue weighted by molar-refractivity contribution is -0.136. The smallest absolute Gasteiger partial charge is 0.315 e. The molecule has 7 nitrogen and oxygen atoms in total. The summed E-state index contributed by atoms with van der Waals surface area (Å²) in [5.74, 6) is -0.948. The van der Waals surface area contributed by atoms with Crippen LogP contribution in [0.4, 0.5) is 4.79 Å². The molecule has 3 N–H and O–H groups in total. The molecule has 0 saturated carbocycles. The summed E-state index contributed by atoms with van der Waals surface area (Å²) in [6, 6.07) is -0.891. The summed E-state index contributed by atoms with van der Waals surface area (Å²) in [7, 11) is -3.01. The molecule has 1 fully saturated rings. The Labute approximate surface area is 93.1 Å². The van der Waals surface area contributed by atoms with Crippen molar-refractivity contribution < 1.29 is 23.1 Å². The minimum atomic E-state index is -3.01. The van der Waals surface area contributed by atoms with Gasteiger partial charge in [0.15, 0.2) is 9.84 Å². The number of aliphatic carboxylic acids is 1. The Morgan fingerprint density at radius 2 is 2.06 bits per heavy atom. The highest BCUT2D eigenvalue weighted by Gasteiger charge is 2.28. The summed E-state index contributed by atoms with van der Waals surface area (Å²) in [5.41, 5.74) is 0. The molecule has 2 amide bonds. The van der Waals surface area contributed by atoms with E-state index >= 15 is 0 Å². The van der Waals surface area contributed by atoms with Gasteiger partial charge < -0.3 is 15.7 Å². The Bertz CT molecular complexity index is 378. The summed E-state index contributed by atoms with van der Waals surface area (Å²) < 4.78 is 22.2. The van der Waals surface area contributed by atoms with Crippen LogP contribution in [-0.4, -0.2) is 49.6 Å². The predicted molar refractivity (Wildman–Crippen MR) is 55.8 cm³/mol. The summed E-state index contributed by atoms with van der Waals surface area (Å²) in [5, 5.41) is 13.2. The van der Waals surface area contributed by atoms with Crippen LogP contribution >= 0.6 is 0 Å². The number of urea groups is 1. The number of hydrogen-bond donors (Lipinski definition) is 3. The highest BCUT2D eigenvalue weighted by atomic mass is 32.2. The number of nitrogens with one attached hydrogen (secondary N) is 2. The van der Waals surface area contributed by atoms with Crippen molar-refractivity contribution in [3.8, 4) is 0 Å². The maximum absolute atomic E-state index is 11.2. The normalized spacial score (nSPS) is 22.6. The third kappa shape index (κ3) is 4.47. The second kappa shape index (κ2) is 5.15. The average Bonchev–Trinajstić information content (AvgIpc) is 2.44. The lowest BCUT2D eigenvalue weighted by Crippen LogP contribution is -2.43. The van der Waals surface area contributed by atoms with E-state index in [2.05, 4.69) is 10.6 Å². The number of carbonyl (C=O) groups excluding carboxylic acids is 1. The van der Waals surface area contributed by atoms with Crippen molar-refractivity contribution in [2.75, 3.05) is 18.1 Å². The number of hydrogen-bond acceptors (Lipinski definition) is 4. The molecule has 0 aliphatic carbocycles. The zero-order valence-electron chi connectivity index (χ0n) is 8.60. The summed E-state index contributed by atoms with van der Waals surface area (Å²) in [6.45, 7) is 0.0284. The van der Waals surface area contributed by atoms with Crippen LogP contribution in [0.25, 0.3) is 0 Å². The van der Waals surface area contributed by atoms with Gasteiger partial charge in [0.2, 0.25) is 0 Å². The van der Waals surface area contributed by atoms with Crippen molar-refractivity contribution in [2.45, 2.75) is 18.9 Å². The zero-order valence-corrected chi connectivity index (χ0v) is 9.42. The van der Waals surface area contributed by atoms with Crippen molar-refractivity contribution in [1.29, 1.82) is 0 Å². The van der Waals surface area contributed by atoms with E-state index < -0.39 is 21.8 Å². The first-order chi connectivity index (χ1) is 7.39. The Hall–Kier alpha value is -1.31. The molecule has 16 heavy (non-hydrogen) atoms. The average molecular weight is 250 g/mol. The predicted octanol–water partition coefficient (Wildman–Crippen LogP) is -1.05. The fourth-order valence-electron chi connectivity index (χ4n) is 1.43. The number of carboxylic acids is 1. The van der Waals surface area contributed by atoms with Gasteiger partial charge in [-0.2, -0.15) is 0 Å². The third-order valence-electron chi connectivity index (χ3n) is 2.19. The molecule has 1 aliphatic heterocycles. The molecule has 0 aromatic carbocycles. The molecular weight excluding hydrogens is 236 g/mol. The molecule has 1 atom stereocenters. The monoisotopic (exact) mass is 250 g/mol. The number of rotatable bonds is 4. The first-order valence-corrected chi connectivity index (χ1v) is 6.68. The van der Waals surface area contributed by atoms with Gasteiger partial charge >= 0.3 is 12.0 Å². The molecule has 92 valence electrons. The van der Waals surface area contributed by atoms with Crippen LogP contribution in [0.5, 0.6) is 0 Å². The van der Waals surface area contributed by atoms with Gasteiger partial charge in [-0.15, -0.1) is 0 Å². The van der Waals surface area contributed by atoms with E-state index in [1.54, 1.807) is 0 Å². The van der Waals surface area contributed by atoms with Crippen LogP contribution in [0.3, 0.4) is 0 Å². The van der Waals surface area contributed by atoms with Crippen molar-refractivity contribution >= 4 is 21.8 Å². The van der Waals surface area contributed by atoms with E-state index in [1.165, 1.54) is 0 Å². The van der Waals surface area contributed by atoms with Crippen molar-refractivity contribution in [1.82, 2.24) is 10.6 Å². The summed E-state index contributed by atoms with van der Waals surface area (Å²) >= 11 is 0. The van der Waals surface area contributed by atoms with E-state index in [9.17, 15) is 18.0 Å². The Kier molecular flexibility index (Phi) is 4.11. The molecule has 1 saturated heterocycles. The highest BCUT2D eigenvalue weighted by Crippen LogP contribution is 2.10. The largest absolute Gasteiger partial charge is 0.481 e. The van der Waals surface area contributed by atoms with Gasteiger partial charge in [-0.1, -0.05) is 0 Å². The lowest BCUT2D eigenvalue weighted by Gasteiger charge is -2.11. The van der Waals surface area contributed by atoms with Gasteiger partial charge in [0.1, 0.15) is 0 Å². The molecule has 0 aromatic rings. The molecule has 1 aliphatic rings. The molecule has 0 spiro atoms. The van der Waals surface area contributed by atoms with Gasteiger partial charge in [0, 0.05) is 12.6 Å². The number of carbonyl (C=O) groups is 2. The fraction of sp³-hybridized carbons (Fsp3) is 0.750. The minimum Gasteiger partial charge on any atom is -0.481 e. The second-order valence-electron chi connectivity index (χ2n) is 3.64. The first-order valence-electron chi connectivity index (χ1n) is 4.85. The van der Waals surface area contributed by atoms with Gasteiger partial charge in [-0.05, 0) is 6.42 Å². The minimum absolute atomic E-state index is 0.0284. The molecule has 1 heterocycles. The maximum atomic E-state index is 11.2. The van der Waals surface area contributed by atoms with Crippen LogP contribution in [0.15, 0.2) is 0 Å². The zero-order chi connectivity index (χ0) is 12.2. The van der Waals surface area contributed by atoms with Gasteiger partial charge in [0.05, 0.1) is 17.9 Å². The molecular formula is C8H14N2O5S. The van der Waals surface area contributed by atoms with Crippen molar-refractivity contribution in [3.05, 3.63) is 0 Å². The van der Waals surface area contributed by atoms with Gasteiger partial charge in [0.25, 0.3) is 0 Å². The number of carboxylic acid groups (broad SMARTS) is 1. The summed E-state index contributed by atoms with van der Waals surface area (Å²) in [4.78, 5) is 21.3. The SMILES string of the molecule is O=C(O)CCNC(=O)N[C@H]1CCS(=O)(=O)C1. The summed E-state index contributed by atoms with van der Waals surface area (Å²) in [6.07, 6.45) is 0.255. The van der Waals surface area contributed by atoms with E-state index in [0.29, 0.717) is 6.42 Å². The quantitative estimate of drug-likeness (QED) is 0.589. The molecule has 8 heteroatoms. The fourth-order valence-corrected chi connectivity index (χ4v) is 3.10. The lowest BCUT2D eigenvalue weighted by atomic mass is 10.3. The van der Waals surface area contributed by atoms with Gasteiger partial charge in [-0.25, -0.2) is 13.2 Å². The molecule has 0 aromatic heterocycles. The standard InChI is InChI=1S/C8H14N2O5S/c11-7(12)1-3-9-8(13)10-6-2-4-16(14,15)5-6/h6H,1-5H2,(H,11,12)(H2,9,10,13)/t6-/m0/s1. The van der Waals surface area contributed by atoms with Crippen LogP contribution in [0, 0.1) is 0 Å². The highest BCUT2D eigenvalue weighted by molar-refractivity contribution is 7.91. The van der Waals surface area contributed by atoms with E-state index in [-0.39, 0.29) is 30.5 Å². The first kappa shape index (κ1) is 12.8. The van der Waals surface area contributed by atoms with E-state index in [1.807, 2.05) is 0 Å². The topological polar surface area (TPSA) is 113 Å². The van der Waals surface area contributed by atoms with Crippen molar-refractivity contribution in [2.24, 2.45) is 0 Å². The molecule has 0 radical (unpaired) electrons. The maximum Gasteiger partial charge on any atom is 0.315 e. The Morgan fingerprint density at radius 1 is 1.38 bits per heavy atom. The van der Waals surface area contributed by atoms with E-state index in [0.717, 1.165) is 0 Å². The van der Waals surface area contributed by atoms with Crippen LogP contribution in [0.1, 0.15) is 12.8 Å². The molecule has 1 rings (SSSR count). The molecule has 0 bridgehead atoms. The molecule has 0 unspecified atom stereocenters.